The minimum absolute atomic E-state index is 0.0784. The molecule has 1 aromatic heterocycles. The number of rotatable bonds is 4. The fourth-order valence-electron chi connectivity index (χ4n) is 3.85. The Labute approximate surface area is 170 Å². The van der Waals surface area contributed by atoms with Gasteiger partial charge >= 0.3 is 0 Å². The van der Waals surface area contributed by atoms with Crippen LogP contribution in [0.1, 0.15) is 34.0 Å². The second kappa shape index (κ2) is 8.78. The van der Waals surface area contributed by atoms with Crippen molar-refractivity contribution >= 4 is 11.8 Å². The Morgan fingerprint density at radius 3 is 1.90 bits per heavy atom. The molecule has 1 aliphatic heterocycles. The van der Waals surface area contributed by atoms with E-state index in [9.17, 15) is 9.59 Å². The van der Waals surface area contributed by atoms with Gasteiger partial charge in [0.25, 0.3) is 5.91 Å². The van der Waals surface area contributed by atoms with Crippen LogP contribution in [0.15, 0.2) is 83.5 Å². The average molecular weight is 388 g/mol. The molecular formula is C24H24N2O3. The van der Waals surface area contributed by atoms with Crippen LogP contribution >= 0.6 is 0 Å². The van der Waals surface area contributed by atoms with E-state index in [2.05, 4.69) is 0 Å². The number of furan rings is 1. The molecule has 2 amide bonds. The Morgan fingerprint density at radius 2 is 1.31 bits per heavy atom. The van der Waals surface area contributed by atoms with Crippen molar-refractivity contribution in [3.05, 3.63) is 95.9 Å². The van der Waals surface area contributed by atoms with Crippen LogP contribution in [-0.4, -0.2) is 47.8 Å². The van der Waals surface area contributed by atoms with Crippen LogP contribution in [0.3, 0.4) is 0 Å². The first kappa shape index (κ1) is 19.0. The van der Waals surface area contributed by atoms with Crippen molar-refractivity contribution in [3.63, 3.8) is 0 Å². The third kappa shape index (κ3) is 4.24. The Kier molecular flexibility index (Phi) is 5.75. The van der Waals surface area contributed by atoms with Gasteiger partial charge in [-0.1, -0.05) is 60.7 Å². The molecule has 5 heteroatoms. The molecule has 2 heterocycles. The predicted molar refractivity (Wildman–Crippen MR) is 111 cm³/mol. The monoisotopic (exact) mass is 388 g/mol. The van der Waals surface area contributed by atoms with Crippen molar-refractivity contribution in [2.45, 2.75) is 12.3 Å². The second-order valence-electron chi connectivity index (χ2n) is 7.20. The molecule has 3 aromatic rings. The zero-order valence-corrected chi connectivity index (χ0v) is 16.2. The lowest BCUT2D eigenvalue weighted by molar-refractivity contribution is -0.131. The van der Waals surface area contributed by atoms with Crippen LogP contribution in [0.5, 0.6) is 0 Å². The summed E-state index contributed by atoms with van der Waals surface area (Å²) in [4.78, 5) is 29.8. The highest BCUT2D eigenvalue weighted by Crippen LogP contribution is 2.27. The number of carbonyl (C=O) groups is 2. The van der Waals surface area contributed by atoms with Gasteiger partial charge < -0.3 is 14.2 Å². The molecule has 1 fully saturated rings. The lowest BCUT2D eigenvalue weighted by Crippen LogP contribution is -2.39. The molecule has 1 aliphatic rings. The standard InChI is InChI=1S/C24H24N2O3/c27-23(21-13-7-18-29-21)25-14-8-15-26(17-16-25)24(28)22(19-9-3-1-4-10-19)20-11-5-2-6-12-20/h1-7,9-13,18,22H,8,14-17H2. The lowest BCUT2D eigenvalue weighted by atomic mass is 9.90. The highest BCUT2D eigenvalue weighted by atomic mass is 16.3. The molecule has 0 atom stereocenters. The third-order valence-electron chi connectivity index (χ3n) is 5.34. The van der Waals surface area contributed by atoms with Gasteiger partial charge in [0.2, 0.25) is 5.91 Å². The molecule has 148 valence electrons. The van der Waals surface area contributed by atoms with Gasteiger partial charge in [-0.25, -0.2) is 0 Å². The summed E-state index contributed by atoms with van der Waals surface area (Å²) in [6.45, 7) is 2.27. The van der Waals surface area contributed by atoms with Crippen LogP contribution in [0.2, 0.25) is 0 Å². The number of carbonyl (C=O) groups excluding carboxylic acids is 2. The van der Waals surface area contributed by atoms with Crippen molar-refractivity contribution in [1.82, 2.24) is 9.80 Å². The summed E-state index contributed by atoms with van der Waals surface area (Å²) in [5.41, 5.74) is 1.97. The topological polar surface area (TPSA) is 53.8 Å². The third-order valence-corrected chi connectivity index (χ3v) is 5.34. The smallest absolute Gasteiger partial charge is 0.289 e. The lowest BCUT2D eigenvalue weighted by Gasteiger charge is -2.27. The minimum atomic E-state index is -0.343. The molecule has 0 bridgehead atoms. The van der Waals surface area contributed by atoms with Crippen LogP contribution in [-0.2, 0) is 4.79 Å². The Morgan fingerprint density at radius 1 is 0.724 bits per heavy atom. The van der Waals surface area contributed by atoms with E-state index in [1.165, 1.54) is 6.26 Å². The number of nitrogens with zero attached hydrogens (tertiary/aromatic N) is 2. The summed E-state index contributed by atoms with van der Waals surface area (Å²) in [5.74, 6) is -0.0392. The number of hydrogen-bond acceptors (Lipinski definition) is 3. The van der Waals surface area contributed by atoms with Crippen molar-refractivity contribution < 1.29 is 14.0 Å². The minimum Gasteiger partial charge on any atom is -0.459 e. The Hall–Kier alpha value is -3.34. The van der Waals surface area contributed by atoms with Gasteiger partial charge in [0, 0.05) is 26.2 Å². The average Bonchev–Trinajstić information content (AvgIpc) is 3.19. The SMILES string of the molecule is O=C(c1ccco1)N1CCCN(C(=O)C(c2ccccc2)c2ccccc2)CC1. The fraction of sp³-hybridized carbons (Fsp3) is 0.250. The quantitative estimate of drug-likeness (QED) is 0.683. The maximum Gasteiger partial charge on any atom is 0.289 e. The molecule has 1 saturated heterocycles. The first-order valence-electron chi connectivity index (χ1n) is 9.95. The van der Waals surface area contributed by atoms with Crippen LogP contribution in [0.4, 0.5) is 0 Å². The van der Waals surface area contributed by atoms with Gasteiger partial charge in [-0.2, -0.15) is 0 Å². The first-order valence-corrected chi connectivity index (χ1v) is 9.95. The van der Waals surface area contributed by atoms with E-state index in [0.29, 0.717) is 31.9 Å². The Bertz CT molecular complexity index is 899. The molecule has 2 aromatic carbocycles. The zero-order valence-electron chi connectivity index (χ0n) is 16.2. The summed E-state index contributed by atoms with van der Waals surface area (Å²) in [5, 5.41) is 0. The van der Waals surface area contributed by atoms with Gasteiger partial charge in [-0.3, -0.25) is 9.59 Å². The Balaban J connectivity index is 1.53. The van der Waals surface area contributed by atoms with E-state index in [0.717, 1.165) is 17.5 Å². The molecule has 5 nitrogen and oxygen atoms in total. The number of hydrogen-bond donors (Lipinski definition) is 0. The fourth-order valence-corrected chi connectivity index (χ4v) is 3.85. The predicted octanol–water partition coefficient (Wildman–Crippen LogP) is 3.79. The van der Waals surface area contributed by atoms with E-state index in [4.69, 9.17) is 4.42 Å². The number of amides is 2. The molecule has 0 spiro atoms. The molecule has 29 heavy (non-hydrogen) atoms. The van der Waals surface area contributed by atoms with Crippen LogP contribution in [0.25, 0.3) is 0 Å². The van der Waals surface area contributed by atoms with Gasteiger partial charge in [0.15, 0.2) is 5.76 Å². The molecule has 0 radical (unpaired) electrons. The molecule has 0 saturated carbocycles. The molecule has 0 aliphatic carbocycles. The number of benzene rings is 2. The molecular weight excluding hydrogens is 364 g/mol. The summed E-state index contributed by atoms with van der Waals surface area (Å²) in [6.07, 6.45) is 2.25. The van der Waals surface area contributed by atoms with Crippen LogP contribution in [0, 0.1) is 0 Å². The van der Waals surface area contributed by atoms with Crippen molar-refractivity contribution in [1.29, 1.82) is 0 Å². The van der Waals surface area contributed by atoms with Gasteiger partial charge in [-0.05, 0) is 29.7 Å². The maximum absolute atomic E-state index is 13.6. The van der Waals surface area contributed by atoms with Gasteiger partial charge in [-0.15, -0.1) is 0 Å². The first-order chi connectivity index (χ1) is 14.2. The maximum atomic E-state index is 13.6. The molecule has 4 rings (SSSR count). The molecule has 0 N–H and O–H groups in total. The highest BCUT2D eigenvalue weighted by molar-refractivity contribution is 5.91. The zero-order chi connectivity index (χ0) is 20.1. The van der Waals surface area contributed by atoms with Crippen molar-refractivity contribution in [3.8, 4) is 0 Å². The largest absolute Gasteiger partial charge is 0.459 e. The van der Waals surface area contributed by atoms with E-state index in [-0.39, 0.29) is 17.7 Å². The summed E-state index contributed by atoms with van der Waals surface area (Å²) in [6, 6.07) is 23.2. The van der Waals surface area contributed by atoms with E-state index < -0.39 is 0 Å². The summed E-state index contributed by atoms with van der Waals surface area (Å²) in [7, 11) is 0. The van der Waals surface area contributed by atoms with Crippen molar-refractivity contribution in [2.75, 3.05) is 26.2 Å². The highest BCUT2D eigenvalue weighted by Gasteiger charge is 2.30. The molecule has 0 unspecified atom stereocenters. The normalized spacial score (nSPS) is 14.7. The summed E-state index contributed by atoms with van der Waals surface area (Å²) < 4.78 is 5.25. The van der Waals surface area contributed by atoms with Crippen LogP contribution < -0.4 is 0 Å². The summed E-state index contributed by atoms with van der Waals surface area (Å²) >= 11 is 0. The van der Waals surface area contributed by atoms with Gasteiger partial charge in [0.05, 0.1) is 12.2 Å². The van der Waals surface area contributed by atoms with E-state index in [1.807, 2.05) is 65.6 Å². The second-order valence-corrected chi connectivity index (χ2v) is 7.20. The van der Waals surface area contributed by atoms with Gasteiger partial charge in [0.1, 0.15) is 0 Å². The van der Waals surface area contributed by atoms with E-state index >= 15 is 0 Å². The van der Waals surface area contributed by atoms with E-state index in [1.54, 1.807) is 17.0 Å². The van der Waals surface area contributed by atoms with Crippen molar-refractivity contribution in [2.24, 2.45) is 0 Å².